The van der Waals surface area contributed by atoms with Crippen LogP contribution in [0.5, 0.6) is 23.0 Å². The van der Waals surface area contributed by atoms with Crippen molar-refractivity contribution in [1.29, 1.82) is 0 Å². The van der Waals surface area contributed by atoms with E-state index in [0.29, 0.717) is 33.0 Å². The van der Waals surface area contributed by atoms with Crippen molar-refractivity contribution in [1.82, 2.24) is 0 Å². The van der Waals surface area contributed by atoms with Gasteiger partial charge in [0.2, 0.25) is 5.24 Å². The third-order valence-electron chi connectivity index (χ3n) is 3.93. The molecule has 0 spiro atoms. The lowest BCUT2D eigenvalue weighted by Crippen LogP contribution is -2.02. The predicted molar refractivity (Wildman–Crippen MR) is 142 cm³/mol. The Morgan fingerprint density at radius 3 is 1.22 bits per heavy atom. The van der Waals surface area contributed by atoms with Crippen LogP contribution in [0.1, 0.15) is 11.1 Å². The zero-order valence-electron chi connectivity index (χ0n) is 19.3. The molecular formula is C22H21Br2Cl3O9. The molecule has 0 unspecified atom stereocenters. The van der Waals surface area contributed by atoms with Gasteiger partial charge in [-0.2, -0.15) is 0 Å². The van der Waals surface area contributed by atoms with E-state index in [-0.39, 0.29) is 12.8 Å². The van der Waals surface area contributed by atoms with E-state index >= 15 is 0 Å². The summed E-state index contributed by atoms with van der Waals surface area (Å²) < 4.78 is 21.8. The van der Waals surface area contributed by atoms with Crippen LogP contribution in [0.2, 0.25) is 0 Å². The third-order valence-corrected chi connectivity index (χ3v) is 5.98. The Morgan fingerprint density at radius 2 is 0.972 bits per heavy atom. The largest absolute Gasteiger partial charge is 0.493 e. The maximum Gasteiger partial charge on any atom is 0.307 e. The van der Waals surface area contributed by atoms with Gasteiger partial charge in [0.25, 0.3) is 0 Å². The minimum atomic E-state index is -1.14. The fraction of sp³-hybridized carbons (Fsp3) is 0.273. The summed E-state index contributed by atoms with van der Waals surface area (Å²) in [7, 11) is 6.13. The molecule has 0 amide bonds. The van der Waals surface area contributed by atoms with Crippen LogP contribution in [0.3, 0.4) is 0 Å². The normalized spacial score (nSPS) is 9.47. The van der Waals surface area contributed by atoms with E-state index in [1.165, 1.54) is 21.3 Å². The van der Waals surface area contributed by atoms with Crippen molar-refractivity contribution in [2.45, 2.75) is 12.8 Å². The van der Waals surface area contributed by atoms with Crippen molar-refractivity contribution in [2.24, 2.45) is 0 Å². The van der Waals surface area contributed by atoms with Gasteiger partial charge in [-0.15, -0.1) is 0 Å². The second kappa shape index (κ2) is 17.4. The molecule has 0 aliphatic carbocycles. The number of hydrogen-bond acceptors (Lipinski definition) is 8. The van der Waals surface area contributed by atoms with Crippen LogP contribution < -0.4 is 18.9 Å². The molecule has 0 aliphatic heterocycles. The SMILES string of the molecule is COc1cc(Br)c(CC(=O)Cl)cc1OC.COc1cc(Br)c(CC(=O)O)cc1OC.O=C(Cl)C(=O)Cl. The Bertz CT molecular complexity index is 1010. The van der Waals surface area contributed by atoms with Gasteiger partial charge in [-0.1, -0.05) is 31.9 Å². The maximum atomic E-state index is 10.8. The average molecular weight is 696 g/mol. The first-order valence-electron chi connectivity index (χ1n) is 9.41. The minimum Gasteiger partial charge on any atom is -0.493 e. The number of benzene rings is 2. The molecule has 14 heteroatoms. The van der Waals surface area contributed by atoms with Crippen molar-refractivity contribution in [2.75, 3.05) is 28.4 Å². The monoisotopic (exact) mass is 692 g/mol. The van der Waals surface area contributed by atoms with Crippen LogP contribution >= 0.6 is 66.7 Å². The summed E-state index contributed by atoms with van der Waals surface area (Å²) in [6.45, 7) is 0. The van der Waals surface area contributed by atoms with Crippen LogP contribution in [0.25, 0.3) is 0 Å². The number of halogens is 5. The van der Waals surface area contributed by atoms with E-state index in [1.54, 1.807) is 31.4 Å². The number of hydrogen-bond donors (Lipinski definition) is 1. The second-order valence-corrected chi connectivity index (χ2v) is 9.06. The van der Waals surface area contributed by atoms with E-state index in [4.69, 9.17) is 35.7 Å². The van der Waals surface area contributed by atoms with Gasteiger partial charge in [-0.3, -0.25) is 19.2 Å². The zero-order valence-corrected chi connectivity index (χ0v) is 24.8. The van der Waals surface area contributed by atoms with Gasteiger partial charge >= 0.3 is 16.5 Å². The lowest BCUT2D eigenvalue weighted by molar-refractivity contribution is -0.136. The van der Waals surface area contributed by atoms with Crippen LogP contribution in [0, 0.1) is 0 Å². The molecule has 0 radical (unpaired) electrons. The first-order valence-corrected chi connectivity index (χ1v) is 12.1. The quantitative estimate of drug-likeness (QED) is 0.272. The molecule has 9 nitrogen and oxygen atoms in total. The molecule has 1 N–H and O–H groups in total. The summed E-state index contributed by atoms with van der Waals surface area (Å²) in [6, 6.07) is 6.81. The fourth-order valence-electron chi connectivity index (χ4n) is 2.38. The van der Waals surface area contributed by atoms with Gasteiger partial charge in [-0.25, -0.2) is 0 Å². The molecule has 0 aromatic heterocycles. The summed E-state index contributed by atoms with van der Waals surface area (Å²) >= 11 is 20.9. The van der Waals surface area contributed by atoms with Gasteiger partial charge in [0.05, 0.1) is 34.9 Å². The average Bonchev–Trinajstić information content (AvgIpc) is 2.81. The molecule has 0 bridgehead atoms. The van der Waals surface area contributed by atoms with E-state index in [1.807, 2.05) is 0 Å². The van der Waals surface area contributed by atoms with Gasteiger partial charge in [0, 0.05) is 15.4 Å². The molecule has 0 atom stereocenters. The lowest BCUT2D eigenvalue weighted by atomic mass is 10.1. The Hall–Kier alpha value is -2.05. The van der Waals surface area contributed by atoms with Crippen LogP contribution in [-0.4, -0.2) is 55.2 Å². The van der Waals surface area contributed by atoms with Crippen LogP contribution in [0.4, 0.5) is 0 Å². The number of aliphatic carboxylic acids is 1. The summed E-state index contributed by atoms with van der Waals surface area (Å²) in [6.07, 6.45) is 0.101. The van der Waals surface area contributed by atoms with Crippen LogP contribution in [-0.2, 0) is 32.0 Å². The molecule has 198 valence electrons. The number of rotatable bonds is 9. The lowest BCUT2D eigenvalue weighted by Gasteiger charge is -2.10. The molecule has 36 heavy (non-hydrogen) atoms. The summed E-state index contributed by atoms with van der Waals surface area (Å²) in [5.74, 6) is 1.39. The topological polar surface area (TPSA) is 125 Å². The molecule has 0 heterocycles. The maximum absolute atomic E-state index is 10.8. The molecule has 2 rings (SSSR count). The Kier molecular flexibility index (Phi) is 16.4. The van der Waals surface area contributed by atoms with Crippen molar-refractivity contribution >= 4 is 88.4 Å². The van der Waals surface area contributed by atoms with Crippen molar-refractivity contribution < 1.29 is 43.2 Å². The second-order valence-electron chi connectivity index (χ2n) is 6.25. The van der Waals surface area contributed by atoms with E-state index in [9.17, 15) is 19.2 Å². The van der Waals surface area contributed by atoms with Gasteiger partial charge in [0.1, 0.15) is 0 Å². The smallest absolute Gasteiger partial charge is 0.307 e. The summed E-state index contributed by atoms with van der Waals surface area (Å²) in [5.41, 5.74) is 1.42. The number of carboxylic acids is 1. The van der Waals surface area contributed by atoms with Crippen molar-refractivity contribution in [3.63, 3.8) is 0 Å². The molecule has 2 aromatic carbocycles. The highest BCUT2D eigenvalue weighted by atomic mass is 79.9. The van der Waals surface area contributed by atoms with Crippen LogP contribution in [0.15, 0.2) is 33.2 Å². The zero-order chi connectivity index (χ0) is 28.0. The van der Waals surface area contributed by atoms with E-state index < -0.39 is 21.7 Å². The number of carbonyl (C=O) groups is 4. The molecule has 0 saturated carbocycles. The standard InChI is InChI=1S/C10H10BrClO3.C10H11BrO4.C2Cl2O2/c2*1-14-8-3-6(4-10(12)13)7(11)5-9(8)15-2;3-1(5)2(4)6/h3,5H,4H2,1-2H3;3,5H,4H2,1-2H3,(H,12,13);. The first-order chi connectivity index (χ1) is 16.8. The molecule has 2 aromatic rings. The van der Waals surface area contributed by atoms with Crippen molar-refractivity contribution in [3.8, 4) is 23.0 Å². The molecule has 0 saturated heterocycles. The third kappa shape index (κ3) is 12.3. The van der Waals surface area contributed by atoms with E-state index in [0.717, 1.165) is 10.0 Å². The number of carboxylic acid groups (broad SMARTS) is 1. The number of ether oxygens (including phenoxy) is 4. The van der Waals surface area contributed by atoms with Gasteiger partial charge in [-0.05, 0) is 70.2 Å². The molecular weight excluding hydrogens is 674 g/mol. The number of carbonyl (C=O) groups excluding carboxylic acids is 3. The Labute approximate surface area is 239 Å². The highest BCUT2D eigenvalue weighted by molar-refractivity contribution is 9.10. The van der Waals surface area contributed by atoms with E-state index in [2.05, 4.69) is 55.1 Å². The Balaban J connectivity index is 0.000000558. The van der Waals surface area contributed by atoms with Gasteiger partial charge in [0.15, 0.2) is 23.0 Å². The Morgan fingerprint density at radius 1 is 0.667 bits per heavy atom. The fourth-order valence-corrected chi connectivity index (χ4v) is 3.45. The van der Waals surface area contributed by atoms with Gasteiger partial charge < -0.3 is 24.1 Å². The predicted octanol–water partition coefficient (Wildman–Crippen LogP) is 5.38. The highest BCUT2D eigenvalue weighted by Gasteiger charge is 2.12. The van der Waals surface area contributed by atoms with Crippen molar-refractivity contribution in [3.05, 3.63) is 44.3 Å². The summed E-state index contributed by atoms with van der Waals surface area (Å²) in [4.78, 5) is 40.2. The summed E-state index contributed by atoms with van der Waals surface area (Å²) in [5, 5.41) is 5.99. The number of methoxy groups -OCH3 is 4. The minimum absolute atomic E-state index is 0.0546. The first kappa shape index (κ1) is 34.0. The highest BCUT2D eigenvalue weighted by Crippen LogP contribution is 2.34. The molecule has 0 fully saturated rings. The molecule has 0 aliphatic rings.